The van der Waals surface area contributed by atoms with E-state index in [-0.39, 0.29) is 72.7 Å². The molecule has 0 saturated heterocycles. The number of hydrogen-bond donors (Lipinski definition) is 0. The van der Waals surface area contributed by atoms with E-state index in [1.54, 1.807) is 28.2 Å². The minimum Gasteiger partial charge on any atom is -1.00 e. The van der Waals surface area contributed by atoms with Gasteiger partial charge in [0.1, 0.15) is 0 Å². The molecule has 0 radical (unpaired) electrons. The van der Waals surface area contributed by atoms with Crippen LogP contribution in [0.4, 0.5) is 0 Å². The molecule has 0 aliphatic heterocycles. The van der Waals surface area contributed by atoms with E-state index in [0.717, 1.165) is 6.42 Å². The molecule has 2 unspecified atom stereocenters. The molecule has 0 bridgehead atoms. The summed E-state index contributed by atoms with van der Waals surface area (Å²) in [5.74, 6) is 2.24. The fourth-order valence-electron chi connectivity index (χ4n) is 7.89. The molecule has 6 rings (SSSR count). The second-order valence-corrected chi connectivity index (χ2v) is 12.7. The number of fused-ring (bicyclic) bond motifs is 6. The van der Waals surface area contributed by atoms with Gasteiger partial charge in [-0.1, -0.05) is 113 Å². The van der Waals surface area contributed by atoms with Crippen LogP contribution < -0.4 is 24.8 Å². The van der Waals surface area contributed by atoms with Crippen molar-refractivity contribution in [2.24, 2.45) is 27.6 Å². The van der Waals surface area contributed by atoms with E-state index < -0.39 is 0 Å². The van der Waals surface area contributed by atoms with Crippen LogP contribution >= 0.6 is 0 Å². The van der Waals surface area contributed by atoms with E-state index in [9.17, 15) is 0 Å². The van der Waals surface area contributed by atoms with Gasteiger partial charge in [-0.3, -0.25) is 0 Å². The molecule has 0 heterocycles. The Balaban J connectivity index is 0.000000542. The zero-order chi connectivity index (χ0) is 24.5. The van der Waals surface area contributed by atoms with Crippen molar-refractivity contribution in [3.05, 3.63) is 101 Å². The normalized spacial score (nSPS) is 27.1. The molecule has 1 saturated carbocycles. The molecule has 0 N–H and O–H groups in total. The Morgan fingerprint density at radius 3 is 2.08 bits per heavy atom. The summed E-state index contributed by atoms with van der Waals surface area (Å²) in [6.07, 6.45) is 8.50. The summed E-state index contributed by atoms with van der Waals surface area (Å²) in [5.41, 5.74) is 10.3. The monoisotopic (exact) mass is 610 g/mol. The summed E-state index contributed by atoms with van der Waals surface area (Å²) >= 11 is 0. The minimum absolute atomic E-state index is 0. The van der Waals surface area contributed by atoms with Gasteiger partial charge in [0.05, 0.1) is 0 Å². The van der Waals surface area contributed by atoms with Gasteiger partial charge in [0, 0.05) is 0 Å². The van der Waals surface area contributed by atoms with Crippen LogP contribution in [0.1, 0.15) is 79.4 Å². The maximum Gasteiger partial charge on any atom is 4.00 e. The number of allylic oxidation sites excluding steroid dienone is 6. The topological polar surface area (TPSA) is 0 Å². The van der Waals surface area contributed by atoms with Gasteiger partial charge in [0.2, 0.25) is 0 Å². The molecule has 2 aromatic carbocycles. The third kappa shape index (κ3) is 4.26. The van der Waals surface area contributed by atoms with Gasteiger partial charge in [-0.2, -0.15) is 29.3 Å². The molecule has 0 aromatic heterocycles. The first kappa shape index (κ1) is 32.3. The van der Waals surface area contributed by atoms with Crippen molar-refractivity contribution >= 4 is 5.57 Å². The van der Waals surface area contributed by atoms with Crippen molar-refractivity contribution in [3.8, 4) is 0 Å². The van der Waals surface area contributed by atoms with Crippen LogP contribution in [0, 0.1) is 33.5 Å². The van der Waals surface area contributed by atoms with Crippen LogP contribution in [0.15, 0.2) is 83.5 Å². The average Bonchev–Trinajstić information content (AvgIpc) is 3.50. The standard InChI is InChI=1S/C29H37.C5H5.2ClH.Zr/c1-18-25-22-17-19-13-9-10-14-20(19)24(22)21-15-11-12-16-23(21)29(25,8)28(6,7)27(4,5)26(18,2)3;1-2-4-5-3-1;;;/h9-11,13-15,23H,12,16-17H2,1-8H3;1-5H;2*1H;/q2*-1;;;+4/p-2. The molecule has 3 heteroatoms. The average molecular weight is 613 g/mol. The molecule has 2 aromatic rings. The molecule has 0 nitrogen and oxygen atoms in total. The second kappa shape index (κ2) is 10.9. The van der Waals surface area contributed by atoms with Gasteiger partial charge in [0.15, 0.2) is 0 Å². The largest absolute Gasteiger partial charge is 4.00 e. The summed E-state index contributed by atoms with van der Waals surface area (Å²) in [7, 11) is 0. The van der Waals surface area contributed by atoms with Crippen LogP contribution in [0.5, 0.6) is 0 Å². The van der Waals surface area contributed by atoms with Crippen LogP contribution in [0.2, 0.25) is 0 Å². The Labute approximate surface area is 257 Å². The third-order valence-corrected chi connectivity index (χ3v) is 11.3. The van der Waals surface area contributed by atoms with E-state index in [1.165, 1.54) is 24.0 Å². The summed E-state index contributed by atoms with van der Waals surface area (Å²) < 4.78 is 0. The van der Waals surface area contributed by atoms with E-state index in [2.05, 4.69) is 91.8 Å². The van der Waals surface area contributed by atoms with E-state index in [4.69, 9.17) is 0 Å². The first-order valence-electron chi connectivity index (χ1n) is 13.2. The Morgan fingerprint density at radius 1 is 0.865 bits per heavy atom. The number of rotatable bonds is 0. The molecular formula is C34H42Cl2Zr. The van der Waals surface area contributed by atoms with Gasteiger partial charge >= 0.3 is 26.2 Å². The Morgan fingerprint density at radius 2 is 1.49 bits per heavy atom. The van der Waals surface area contributed by atoms with E-state index in [0.29, 0.717) is 5.92 Å². The zero-order valence-electron chi connectivity index (χ0n) is 23.8. The Hall–Kier alpha value is -0.877. The second-order valence-electron chi connectivity index (χ2n) is 12.7. The van der Waals surface area contributed by atoms with Crippen LogP contribution in [-0.4, -0.2) is 0 Å². The van der Waals surface area contributed by atoms with Crippen LogP contribution in [0.3, 0.4) is 0 Å². The molecular weight excluding hydrogens is 571 g/mol. The van der Waals surface area contributed by atoms with Crippen molar-refractivity contribution < 1.29 is 51.0 Å². The number of benzene rings is 1. The molecule has 196 valence electrons. The summed E-state index contributed by atoms with van der Waals surface area (Å²) in [4.78, 5) is 0. The molecule has 37 heavy (non-hydrogen) atoms. The first-order chi connectivity index (χ1) is 16.0. The molecule has 0 spiro atoms. The van der Waals surface area contributed by atoms with Crippen molar-refractivity contribution in [2.75, 3.05) is 0 Å². The summed E-state index contributed by atoms with van der Waals surface area (Å²) in [5, 5.41) is 0. The number of hydrogen-bond acceptors (Lipinski definition) is 0. The molecule has 0 amide bonds. The summed E-state index contributed by atoms with van der Waals surface area (Å²) in [6.45, 7) is 20.3. The third-order valence-electron chi connectivity index (χ3n) is 11.3. The van der Waals surface area contributed by atoms with Gasteiger partial charge in [0.25, 0.3) is 0 Å². The predicted molar refractivity (Wildman–Crippen MR) is 146 cm³/mol. The SMILES string of the molecule is C[C-]1C2=C3Cc4ccccc4C3=C3C=CCCC3C2(C)C(C)(C)C(C)(C)C1(C)C.[Cl-].[Cl-].[Zr+4].c1cc[cH-]c1. The molecule has 4 aliphatic rings. The van der Waals surface area contributed by atoms with Gasteiger partial charge in [-0.15, -0.1) is 6.92 Å². The van der Waals surface area contributed by atoms with Gasteiger partial charge in [-0.25, -0.2) is 18.1 Å². The quantitative estimate of drug-likeness (QED) is 0.401. The van der Waals surface area contributed by atoms with E-state index >= 15 is 0 Å². The molecule has 4 aliphatic carbocycles. The van der Waals surface area contributed by atoms with Crippen molar-refractivity contribution in [1.29, 1.82) is 0 Å². The summed E-state index contributed by atoms with van der Waals surface area (Å²) in [6, 6.07) is 19.2. The predicted octanol–water partition coefficient (Wildman–Crippen LogP) is 3.38. The van der Waals surface area contributed by atoms with Crippen molar-refractivity contribution in [2.45, 2.75) is 74.7 Å². The molecule has 1 fully saturated rings. The Bertz CT molecular complexity index is 1170. The van der Waals surface area contributed by atoms with Crippen molar-refractivity contribution in [1.82, 2.24) is 0 Å². The van der Waals surface area contributed by atoms with Gasteiger partial charge in [-0.05, 0) is 40.6 Å². The fraction of sp³-hybridized carbons (Fsp3) is 0.471. The number of halogens is 2. The van der Waals surface area contributed by atoms with Crippen LogP contribution in [-0.2, 0) is 32.6 Å². The fourth-order valence-corrected chi connectivity index (χ4v) is 7.89. The first-order valence-corrected chi connectivity index (χ1v) is 13.2. The minimum atomic E-state index is 0. The van der Waals surface area contributed by atoms with Gasteiger partial charge < -0.3 is 24.8 Å². The Kier molecular flexibility index (Phi) is 9.57. The maximum absolute atomic E-state index is 2.62. The van der Waals surface area contributed by atoms with Crippen molar-refractivity contribution in [3.63, 3.8) is 0 Å². The van der Waals surface area contributed by atoms with E-state index in [1.807, 2.05) is 30.3 Å². The van der Waals surface area contributed by atoms with Crippen LogP contribution in [0.25, 0.3) is 5.57 Å². The smallest absolute Gasteiger partial charge is 1.00 e. The molecule has 2 atom stereocenters. The maximum atomic E-state index is 2.62. The zero-order valence-corrected chi connectivity index (χ0v) is 27.8.